The molecule has 2 aliphatic rings. The van der Waals surface area contributed by atoms with Gasteiger partial charge in [-0.1, -0.05) is 12.5 Å². The maximum Gasteiger partial charge on any atom is 0.246 e. The van der Waals surface area contributed by atoms with Gasteiger partial charge in [-0.15, -0.1) is 0 Å². The van der Waals surface area contributed by atoms with Gasteiger partial charge in [-0.25, -0.2) is 0 Å². The second kappa shape index (κ2) is 3.91. The second-order valence-corrected chi connectivity index (χ2v) is 5.31. The maximum absolute atomic E-state index is 5.78. The van der Waals surface area contributed by atoms with Gasteiger partial charge in [0.1, 0.15) is 0 Å². The van der Waals surface area contributed by atoms with Crippen molar-refractivity contribution < 1.29 is 9.47 Å². The Morgan fingerprint density at radius 1 is 1.18 bits per heavy atom. The molecule has 0 amide bonds. The third-order valence-electron chi connectivity index (χ3n) is 3.39. The lowest BCUT2D eigenvalue weighted by atomic mass is 9.97. The van der Waals surface area contributed by atoms with Crippen LogP contribution >= 0.6 is 0 Å². The van der Waals surface area contributed by atoms with Crippen LogP contribution in [0.25, 0.3) is 0 Å². The van der Waals surface area contributed by atoms with Crippen LogP contribution in [0.1, 0.15) is 44.7 Å². The van der Waals surface area contributed by atoms with E-state index in [2.05, 4.69) is 17.4 Å². The van der Waals surface area contributed by atoms with Crippen LogP contribution in [0.2, 0.25) is 0 Å². The van der Waals surface area contributed by atoms with Crippen molar-refractivity contribution in [1.29, 1.82) is 0 Å². The Kier molecular flexibility index (Phi) is 2.51. The van der Waals surface area contributed by atoms with Crippen molar-refractivity contribution in [1.82, 2.24) is 5.32 Å². The Morgan fingerprint density at radius 3 is 2.76 bits per heavy atom. The van der Waals surface area contributed by atoms with Gasteiger partial charge in [-0.3, -0.25) is 0 Å². The van der Waals surface area contributed by atoms with Gasteiger partial charge in [0.05, 0.1) is 0 Å². The number of fused-ring (bicyclic) bond motifs is 1. The number of hydrogen-bond donors (Lipinski definition) is 1. The van der Waals surface area contributed by atoms with Gasteiger partial charge in [0.15, 0.2) is 11.5 Å². The molecule has 1 atom stereocenters. The Morgan fingerprint density at radius 2 is 2.00 bits per heavy atom. The molecule has 0 saturated carbocycles. The fraction of sp³-hybridized carbons (Fsp3) is 0.571. The number of rotatable bonds is 1. The summed E-state index contributed by atoms with van der Waals surface area (Å²) in [5.74, 6) is 1.20. The first-order valence-corrected chi connectivity index (χ1v) is 6.39. The van der Waals surface area contributed by atoms with Crippen molar-refractivity contribution in [3.8, 4) is 11.5 Å². The molecule has 92 valence electrons. The topological polar surface area (TPSA) is 30.5 Å². The molecular weight excluding hydrogens is 214 g/mol. The second-order valence-electron chi connectivity index (χ2n) is 5.31. The zero-order valence-electron chi connectivity index (χ0n) is 10.5. The molecule has 0 bridgehead atoms. The number of nitrogens with one attached hydrogen (secondary N) is 1. The molecule has 1 fully saturated rings. The van der Waals surface area contributed by atoms with Crippen LogP contribution in [0.4, 0.5) is 0 Å². The van der Waals surface area contributed by atoms with Crippen LogP contribution in [0.3, 0.4) is 0 Å². The summed E-state index contributed by atoms with van der Waals surface area (Å²) in [5, 5.41) is 3.55. The minimum atomic E-state index is -0.527. The lowest BCUT2D eigenvalue weighted by Crippen LogP contribution is -2.29. The molecule has 1 N–H and O–H groups in total. The highest BCUT2D eigenvalue weighted by atomic mass is 16.7. The highest BCUT2D eigenvalue weighted by Gasteiger charge is 2.32. The molecule has 0 aromatic heterocycles. The van der Waals surface area contributed by atoms with Crippen molar-refractivity contribution in [3.63, 3.8) is 0 Å². The molecule has 1 saturated heterocycles. The van der Waals surface area contributed by atoms with Crippen LogP contribution in [0.5, 0.6) is 11.5 Å². The lowest BCUT2D eigenvalue weighted by molar-refractivity contribution is -0.0431. The lowest BCUT2D eigenvalue weighted by Gasteiger charge is -2.23. The predicted octanol–water partition coefficient (Wildman–Crippen LogP) is 3.01. The van der Waals surface area contributed by atoms with Gasteiger partial charge in [0.25, 0.3) is 0 Å². The highest BCUT2D eigenvalue weighted by molar-refractivity contribution is 5.46. The van der Waals surface area contributed by atoms with Crippen molar-refractivity contribution in [2.45, 2.75) is 44.9 Å². The molecule has 0 spiro atoms. The molecule has 2 aliphatic heterocycles. The molecule has 1 unspecified atom stereocenters. The Bertz CT molecular complexity index is 422. The summed E-state index contributed by atoms with van der Waals surface area (Å²) < 4.78 is 11.5. The Balaban J connectivity index is 1.85. The molecule has 2 heterocycles. The van der Waals surface area contributed by atoms with Gasteiger partial charge >= 0.3 is 0 Å². The Hall–Kier alpha value is -1.22. The van der Waals surface area contributed by atoms with E-state index in [4.69, 9.17) is 9.47 Å². The van der Waals surface area contributed by atoms with E-state index in [0.29, 0.717) is 6.04 Å². The largest absolute Gasteiger partial charge is 0.449 e. The van der Waals surface area contributed by atoms with Crippen molar-refractivity contribution in [3.05, 3.63) is 23.8 Å². The van der Waals surface area contributed by atoms with Crippen LogP contribution in [0.15, 0.2) is 18.2 Å². The molecule has 3 heteroatoms. The fourth-order valence-corrected chi connectivity index (χ4v) is 2.59. The van der Waals surface area contributed by atoms with Gasteiger partial charge in [0, 0.05) is 19.9 Å². The first kappa shape index (κ1) is 10.9. The zero-order valence-corrected chi connectivity index (χ0v) is 10.5. The molecule has 0 radical (unpaired) electrons. The number of piperidine rings is 1. The number of ether oxygens (including phenoxy) is 2. The quantitative estimate of drug-likeness (QED) is 0.808. The molecule has 1 aromatic rings. The van der Waals surface area contributed by atoms with E-state index in [1.54, 1.807) is 0 Å². The molecule has 3 nitrogen and oxygen atoms in total. The maximum atomic E-state index is 5.78. The zero-order chi connectivity index (χ0) is 11.9. The summed E-state index contributed by atoms with van der Waals surface area (Å²) in [4.78, 5) is 0. The highest BCUT2D eigenvalue weighted by Crippen LogP contribution is 2.41. The summed E-state index contributed by atoms with van der Waals surface area (Å²) in [6.07, 6.45) is 3.80. The van der Waals surface area contributed by atoms with E-state index in [0.717, 1.165) is 18.0 Å². The van der Waals surface area contributed by atoms with Crippen molar-refractivity contribution >= 4 is 0 Å². The average molecular weight is 233 g/mol. The summed E-state index contributed by atoms with van der Waals surface area (Å²) in [6.45, 7) is 4.99. The van der Waals surface area contributed by atoms with E-state index in [1.165, 1.54) is 24.8 Å². The summed E-state index contributed by atoms with van der Waals surface area (Å²) in [5.41, 5.74) is 1.31. The predicted molar refractivity (Wildman–Crippen MR) is 66.4 cm³/mol. The molecule has 1 aromatic carbocycles. The SMILES string of the molecule is CC1(C)Oc2ccc(C3CCCCN3)cc2O1. The van der Waals surface area contributed by atoms with Crippen LogP contribution in [-0.4, -0.2) is 12.3 Å². The third kappa shape index (κ3) is 2.12. The standard InChI is InChI=1S/C14H19NO2/c1-14(2)16-12-7-6-10(9-13(12)17-14)11-5-3-4-8-15-11/h6-7,9,11,15H,3-5,8H2,1-2H3. The van der Waals surface area contributed by atoms with Gasteiger partial charge in [-0.2, -0.15) is 0 Å². The number of hydrogen-bond acceptors (Lipinski definition) is 3. The average Bonchev–Trinajstić information content (AvgIpc) is 2.63. The first-order chi connectivity index (χ1) is 8.14. The van der Waals surface area contributed by atoms with E-state index < -0.39 is 5.79 Å². The van der Waals surface area contributed by atoms with Crippen molar-refractivity contribution in [2.75, 3.05) is 6.54 Å². The molecule has 17 heavy (non-hydrogen) atoms. The Labute approximate surface area is 102 Å². The van der Waals surface area contributed by atoms with Gasteiger partial charge in [-0.05, 0) is 37.1 Å². The summed E-state index contributed by atoms with van der Waals surface area (Å²) in [7, 11) is 0. The van der Waals surface area contributed by atoms with Crippen LogP contribution < -0.4 is 14.8 Å². The molecule has 0 aliphatic carbocycles. The summed E-state index contributed by atoms with van der Waals surface area (Å²) >= 11 is 0. The van der Waals surface area contributed by atoms with Gasteiger partial charge < -0.3 is 14.8 Å². The normalized spacial score (nSPS) is 25.9. The fourth-order valence-electron chi connectivity index (χ4n) is 2.59. The summed E-state index contributed by atoms with van der Waals surface area (Å²) in [6, 6.07) is 6.76. The molecular formula is C14H19NO2. The van der Waals surface area contributed by atoms with E-state index in [9.17, 15) is 0 Å². The third-order valence-corrected chi connectivity index (χ3v) is 3.39. The monoisotopic (exact) mass is 233 g/mol. The van der Waals surface area contributed by atoms with Crippen molar-refractivity contribution in [2.24, 2.45) is 0 Å². The molecule has 3 rings (SSSR count). The minimum Gasteiger partial charge on any atom is -0.449 e. The van der Waals surface area contributed by atoms with Crippen LogP contribution in [-0.2, 0) is 0 Å². The number of benzene rings is 1. The van der Waals surface area contributed by atoms with E-state index >= 15 is 0 Å². The van der Waals surface area contributed by atoms with E-state index in [1.807, 2.05) is 19.9 Å². The van der Waals surface area contributed by atoms with Gasteiger partial charge in [0.2, 0.25) is 5.79 Å². The van der Waals surface area contributed by atoms with Crippen LogP contribution in [0, 0.1) is 0 Å². The smallest absolute Gasteiger partial charge is 0.246 e. The minimum absolute atomic E-state index is 0.473. The first-order valence-electron chi connectivity index (χ1n) is 6.39. The van der Waals surface area contributed by atoms with E-state index in [-0.39, 0.29) is 0 Å².